The molecule has 0 aliphatic heterocycles. The number of benzene rings is 1. The molecule has 0 saturated heterocycles. The fourth-order valence-corrected chi connectivity index (χ4v) is 5.21. The summed E-state index contributed by atoms with van der Waals surface area (Å²) in [4.78, 5) is 9.34. The van der Waals surface area contributed by atoms with Crippen LogP contribution in [0.3, 0.4) is 0 Å². The number of hydrogen-bond donors (Lipinski definition) is 0. The van der Waals surface area contributed by atoms with Gasteiger partial charge in [0.15, 0.2) is 4.34 Å². The van der Waals surface area contributed by atoms with Crippen LogP contribution in [0.15, 0.2) is 46.9 Å². The molecule has 1 aliphatic rings. The summed E-state index contributed by atoms with van der Waals surface area (Å²) in [5.41, 5.74) is 3.79. The summed E-state index contributed by atoms with van der Waals surface area (Å²) in [5, 5.41) is 0.459. The van der Waals surface area contributed by atoms with Crippen molar-refractivity contribution in [1.29, 1.82) is 0 Å². The third kappa shape index (κ3) is 2.23. The number of thiazole rings is 1. The minimum Gasteiger partial charge on any atom is -0.260 e. The maximum atomic E-state index is 4.73. The van der Waals surface area contributed by atoms with Crippen molar-refractivity contribution in [2.45, 2.75) is 28.9 Å². The number of para-hydroxylation sites is 1. The van der Waals surface area contributed by atoms with Crippen molar-refractivity contribution < 1.29 is 0 Å². The van der Waals surface area contributed by atoms with E-state index in [1.807, 2.05) is 30.1 Å². The third-order valence-corrected chi connectivity index (χ3v) is 6.07. The lowest BCUT2D eigenvalue weighted by molar-refractivity contribution is 0.656. The van der Waals surface area contributed by atoms with Gasteiger partial charge in [0.25, 0.3) is 0 Å². The lowest BCUT2D eigenvalue weighted by Crippen LogP contribution is -2.08. The minimum absolute atomic E-state index is 0.459. The van der Waals surface area contributed by atoms with E-state index < -0.39 is 0 Å². The zero-order chi connectivity index (χ0) is 13.4. The summed E-state index contributed by atoms with van der Waals surface area (Å²) in [6.07, 6.45) is 5.53. The van der Waals surface area contributed by atoms with Gasteiger partial charge in [-0.15, -0.1) is 11.3 Å². The molecule has 0 saturated carbocycles. The molecule has 1 aromatic carbocycles. The van der Waals surface area contributed by atoms with Crippen molar-refractivity contribution in [1.82, 2.24) is 9.97 Å². The molecule has 0 radical (unpaired) electrons. The first-order valence-electron chi connectivity index (χ1n) is 6.86. The number of aryl methyl sites for hydroxylation is 1. The van der Waals surface area contributed by atoms with Crippen LogP contribution in [-0.2, 0) is 6.42 Å². The number of nitrogens with zero attached hydrogens (tertiary/aromatic N) is 2. The molecule has 1 unspecified atom stereocenters. The molecule has 4 rings (SSSR count). The maximum absolute atomic E-state index is 4.73. The normalized spacial score (nSPS) is 18.1. The van der Waals surface area contributed by atoms with Crippen molar-refractivity contribution in [2.24, 2.45) is 0 Å². The number of thioether (sulfide) groups is 1. The van der Waals surface area contributed by atoms with E-state index in [4.69, 9.17) is 4.98 Å². The second kappa shape index (κ2) is 5.19. The molecular weight excluding hydrogens is 284 g/mol. The van der Waals surface area contributed by atoms with Gasteiger partial charge in [-0.3, -0.25) is 4.98 Å². The first kappa shape index (κ1) is 12.4. The Morgan fingerprint density at radius 2 is 2.10 bits per heavy atom. The first-order valence-corrected chi connectivity index (χ1v) is 8.56. The Bertz CT molecular complexity index is 718. The Morgan fingerprint density at radius 3 is 3.05 bits per heavy atom. The highest BCUT2D eigenvalue weighted by Gasteiger charge is 2.23. The fourth-order valence-electron chi connectivity index (χ4n) is 2.70. The van der Waals surface area contributed by atoms with Gasteiger partial charge in [0.05, 0.1) is 21.2 Å². The molecule has 0 spiro atoms. The number of rotatable bonds is 2. The van der Waals surface area contributed by atoms with Gasteiger partial charge in [-0.1, -0.05) is 30.0 Å². The van der Waals surface area contributed by atoms with Crippen molar-refractivity contribution in [3.8, 4) is 0 Å². The molecule has 1 atom stereocenters. The number of fused-ring (bicyclic) bond motifs is 2. The zero-order valence-corrected chi connectivity index (χ0v) is 12.6. The van der Waals surface area contributed by atoms with Crippen molar-refractivity contribution in [3.63, 3.8) is 0 Å². The Kier molecular flexibility index (Phi) is 3.20. The lowest BCUT2D eigenvalue weighted by atomic mass is 9.96. The molecule has 0 amide bonds. The second-order valence-electron chi connectivity index (χ2n) is 4.99. The summed E-state index contributed by atoms with van der Waals surface area (Å²) in [7, 11) is 0. The molecule has 20 heavy (non-hydrogen) atoms. The van der Waals surface area contributed by atoms with Gasteiger partial charge < -0.3 is 0 Å². The van der Waals surface area contributed by atoms with Crippen LogP contribution in [0.1, 0.15) is 29.3 Å². The summed E-state index contributed by atoms with van der Waals surface area (Å²) in [5.74, 6) is 0. The molecule has 1 aliphatic carbocycles. The minimum atomic E-state index is 0.459. The van der Waals surface area contributed by atoms with Gasteiger partial charge in [-0.25, -0.2) is 4.98 Å². The second-order valence-corrected chi connectivity index (χ2v) is 7.47. The molecule has 2 nitrogen and oxygen atoms in total. The standard InChI is InChI=1S/C16H14N2S2/c1-2-8-13-12(7-1)18-16(19-13)20-14-9-3-5-11-6-4-10-17-15(11)14/h1-2,4,6-8,10,14H,3,5,9H2. The highest BCUT2D eigenvalue weighted by atomic mass is 32.2. The average molecular weight is 298 g/mol. The molecule has 3 aromatic rings. The van der Waals surface area contributed by atoms with Gasteiger partial charge in [0, 0.05) is 6.20 Å². The van der Waals surface area contributed by atoms with Gasteiger partial charge in [0.2, 0.25) is 0 Å². The van der Waals surface area contributed by atoms with Crippen molar-refractivity contribution in [2.75, 3.05) is 0 Å². The summed E-state index contributed by atoms with van der Waals surface area (Å²) >= 11 is 3.67. The number of hydrogen-bond acceptors (Lipinski definition) is 4. The molecule has 2 aromatic heterocycles. The van der Waals surface area contributed by atoms with E-state index in [1.165, 1.54) is 35.2 Å². The molecule has 100 valence electrons. The van der Waals surface area contributed by atoms with Crippen LogP contribution < -0.4 is 0 Å². The highest BCUT2D eigenvalue weighted by Crippen LogP contribution is 2.44. The van der Waals surface area contributed by atoms with E-state index in [0.717, 1.165) is 9.86 Å². The number of pyridine rings is 1. The fraction of sp³-hybridized carbons (Fsp3) is 0.250. The maximum Gasteiger partial charge on any atom is 0.151 e. The van der Waals surface area contributed by atoms with Crippen LogP contribution in [0.25, 0.3) is 10.2 Å². The van der Waals surface area contributed by atoms with E-state index >= 15 is 0 Å². The molecule has 0 bridgehead atoms. The third-order valence-electron chi connectivity index (χ3n) is 3.66. The van der Waals surface area contributed by atoms with E-state index in [0.29, 0.717) is 5.25 Å². The summed E-state index contributed by atoms with van der Waals surface area (Å²) in [6, 6.07) is 12.6. The highest BCUT2D eigenvalue weighted by molar-refractivity contribution is 8.01. The smallest absolute Gasteiger partial charge is 0.151 e. The predicted octanol–water partition coefficient (Wildman–Crippen LogP) is 4.86. The topological polar surface area (TPSA) is 25.8 Å². The monoisotopic (exact) mass is 298 g/mol. The lowest BCUT2D eigenvalue weighted by Gasteiger charge is -2.22. The quantitative estimate of drug-likeness (QED) is 0.675. The molecule has 0 N–H and O–H groups in total. The van der Waals surface area contributed by atoms with Gasteiger partial charge in [-0.2, -0.15) is 0 Å². The van der Waals surface area contributed by atoms with Crippen LogP contribution in [0.2, 0.25) is 0 Å². The SMILES string of the molecule is c1cnc2c(c1)CCCC2Sc1nc2ccccc2s1. The number of aromatic nitrogens is 2. The van der Waals surface area contributed by atoms with Crippen molar-refractivity contribution in [3.05, 3.63) is 53.9 Å². The molecular formula is C16H14N2S2. The zero-order valence-electron chi connectivity index (χ0n) is 11.0. The van der Waals surface area contributed by atoms with Crippen molar-refractivity contribution >= 4 is 33.3 Å². The summed E-state index contributed by atoms with van der Waals surface area (Å²) < 4.78 is 2.43. The Balaban J connectivity index is 1.66. The van der Waals surface area contributed by atoms with Crippen LogP contribution in [-0.4, -0.2) is 9.97 Å². The first-order chi connectivity index (χ1) is 9.90. The van der Waals surface area contributed by atoms with E-state index in [-0.39, 0.29) is 0 Å². The molecule has 0 fully saturated rings. The molecule has 2 heterocycles. The van der Waals surface area contributed by atoms with Gasteiger partial charge in [-0.05, 0) is 43.0 Å². The summed E-state index contributed by atoms with van der Waals surface area (Å²) in [6.45, 7) is 0. The van der Waals surface area contributed by atoms with Gasteiger partial charge in [0.1, 0.15) is 0 Å². The average Bonchev–Trinajstić information content (AvgIpc) is 2.90. The van der Waals surface area contributed by atoms with Gasteiger partial charge >= 0.3 is 0 Å². The van der Waals surface area contributed by atoms with Crippen LogP contribution >= 0.6 is 23.1 Å². The van der Waals surface area contributed by atoms with Crippen LogP contribution in [0, 0.1) is 0 Å². The van der Waals surface area contributed by atoms with E-state index in [9.17, 15) is 0 Å². The molecule has 4 heteroatoms. The van der Waals surface area contributed by atoms with Crippen LogP contribution in [0.5, 0.6) is 0 Å². The van der Waals surface area contributed by atoms with E-state index in [2.05, 4.69) is 29.2 Å². The Hall–Kier alpha value is -1.39. The Morgan fingerprint density at radius 1 is 1.15 bits per heavy atom. The predicted molar refractivity (Wildman–Crippen MR) is 85.4 cm³/mol. The largest absolute Gasteiger partial charge is 0.260 e. The van der Waals surface area contributed by atoms with Crippen LogP contribution in [0.4, 0.5) is 0 Å². The Labute approximate surface area is 126 Å². The van der Waals surface area contributed by atoms with E-state index in [1.54, 1.807) is 11.3 Å².